The van der Waals surface area contributed by atoms with Crippen LogP contribution in [0, 0.1) is 5.41 Å². The minimum atomic E-state index is -0.0987. The molecule has 2 unspecified atom stereocenters. The van der Waals surface area contributed by atoms with Crippen LogP contribution in [0.2, 0.25) is 0 Å². The fraction of sp³-hybridized carbons (Fsp3) is 0.164. The molecule has 0 saturated heterocycles. The van der Waals surface area contributed by atoms with E-state index in [-0.39, 0.29) is 22.2 Å². The number of nitrogens with zero attached hydrogens (tertiary/aromatic N) is 1. The number of fused-ring (bicyclic) bond motifs is 10. The maximum atomic E-state index is 7.10. The van der Waals surface area contributed by atoms with Gasteiger partial charge in [-0.2, -0.15) is 0 Å². The highest BCUT2D eigenvalue weighted by molar-refractivity contribution is 5.99. The highest BCUT2D eigenvalue weighted by Crippen LogP contribution is 2.64. The van der Waals surface area contributed by atoms with Crippen LogP contribution in [0.25, 0.3) is 50.4 Å². The quantitative estimate of drug-likeness (QED) is 0.175. The first-order valence-corrected chi connectivity index (χ1v) is 20.3. The standard InChI is InChI=1S/C55H45NO/c1-53(2)47-20-11-9-16-42(47)43-31-30-40(34-49(43)53)56(38-26-22-36(23-27-38)35-14-7-6-8-15-35)39-28-24-37(25-29-39)41-18-13-19-44-45-32-33-55(5)50(52(45)57-51(41)44)46-17-10-12-21-48(46)54(55,3)4/h6-34,50H,1-5H3. The second kappa shape index (κ2) is 12.1. The zero-order chi connectivity index (χ0) is 38.7. The summed E-state index contributed by atoms with van der Waals surface area (Å²) in [6, 6.07) is 60.1. The monoisotopic (exact) mass is 735 g/mol. The van der Waals surface area contributed by atoms with Crippen molar-refractivity contribution in [3.63, 3.8) is 0 Å². The molecule has 11 rings (SSSR count). The van der Waals surface area contributed by atoms with Gasteiger partial charge in [0, 0.05) is 44.4 Å². The first kappa shape index (κ1) is 33.9. The van der Waals surface area contributed by atoms with Crippen molar-refractivity contribution in [3.05, 3.63) is 203 Å². The van der Waals surface area contributed by atoms with Crippen molar-refractivity contribution < 1.29 is 4.42 Å². The van der Waals surface area contributed by atoms with Crippen LogP contribution in [-0.4, -0.2) is 0 Å². The molecular formula is C55H45NO. The molecule has 8 aromatic rings. The lowest BCUT2D eigenvalue weighted by atomic mass is 9.61. The number of hydrogen-bond acceptors (Lipinski definition) is 2. The molecule has 2 heteroatoms. The normalized spacial score (nSPS) is 19.1. The Kier molecular flexibility index (Phi) is 7.18. The Balaban J connectivity index is 1.01. The molecule has 7 aromatic carbocycles. The lowest BCUT2D eigenvalue weighted by Crippen LogP contribution is -2.37. The summed E-state index contributed by atoms with van der Waals surface area (Å²) in [6.45, 7) is 11.9. The fourth-order valence-corrected chi connectivity index (χ4v) is 10.5. The molecule has 3 aliphatic carbocycles. The Morgan fingerprint density at radius 1 is 0.491 bits per heavy atom. The number of allylic oxidation sites excluding steroid dienone is 1. The molecule has 3 aliphatic rings. The van der Waals surface area contributed by atoms with E-state index in [1.807, 2.05) is 0 Å². The van der Waals surface area contributed by atoms with E-state index in [2.05, 4.69) is 215 Å². The predicted molar refractivity (Wildman–Crippen MR) is 238 cm³/mol. The minimum absolute atomic E-state index is 0.0214. The summed E-state index contributed by atoms with van der Waals surface area (Å²) in [7, 11) is 0. The van der Waals surface area contributed by atoms with E-state index in [9.17, 15) is 0 Å². The first-order chi connectivity index (χ1) is 27.6. The van der Waals surface area contributed by atoms with Crippen molar-refractivity contribution >= 4 is 34.1 Å². The first-order valence-electron chi connectivity index (χ1n) is 20.3. The average molecular weight is 736 g/mol. The molecule has 57 heavy (non-hydrogen) atoms. The van der Waals surface area contributed by atoms with Crippen LogP contribution in [0.4, 0.5) is 17.1 Å². The number of hydrogen-bond donors (Lipinski definition) is 0. The van der Waals surface area contributed by atoms with Crippen molar-refractivity contribution in [2.24, 2.45) is 5.41 Å². The lowest BCUT2D eigenvalue weighted by molar-refractivity contribution is 0.226. The molecule has 0 fully saturated rings. The number of benzene rings is 7. The number of furan rings is 1. The molecule has 0 radical (unpaired) electrons. The summed E-state index contributed by atoms with van der Waals surface area (Å²) in [6.07, 6.45) is 4.78. The molecule has 2 atom stereocenters. The van der Waals surface area contributed by atoms with Crippen LogP contribution in [0.15, 0.2) is 174 Å². The van der Waals surface area contributed by atoms with E-state index < -0.39 is 0 Å². The van der Waals surface area contributed by atoms with Gasteiger partial charge in [-0.25, -0.2) is 0 Å². The van der Waals surface area contributed by atoms with E-state index in [1.165, 1.54) is 55.5 Å². The molecule has 1 heterocycles. The van der Waals surface area contributed by atoms with E-state index in [4.69, 9.17) is 4.42 Å². The molecule has 1 aromatic heterocycles. The van der Waals surface area contributed by atoms with Crippen molar-refractivity contribution in [2.45, 2.75) is 51.4 Å². The van der Waals surface area contributed by atoms with Gasteiger partial charge in [0.1, 0.15) is 11.3 Å². The summed E-state index contributed by atoms with van der Waals surface area (Å²) in [5.41, 5.74) is 18.2. The molecule has 0 amide bonds. The Bertz CT molecular complexity index is 2910. The van der Waals surface area contributed by atoms with Gasteiger partial charge in [0.2, 0.25) is 0 Å². The largest absolute Gasteiger partial charge is 0.459 e. The van der Waals surface area contributed by atoms with Crippen LogP contribution >= 0.6 is 0 Å². The van der Waals surface area contributed by atoms with Crippen LogP contribution in [0.5, 0.6) is 0 Å². The summed E-state index contributed by atoms with van der Waals surface area (Å²) in [5, 5.41) is 1.17. The zero-order valence-electron chi connectivity index (χ0n) is 33.2. The van der Waals surface area contributed by atoms with Gasteiger partial charge in [0.05, 0.1) is 5.92 Å². The summed E-state index contributed by atoms with van der Waals surface area (Å²) >= 11 is 0. The summed E-state index contributed by atoms with van der Waals surface area (Å²) in [4.78, 5) is 2.40. The van der Waals surface area contributed by atoms with Gasteiger partial charge in [-0.15, -0.1) is 0 Å². The van der Waals surface area contributed by atoms with Gasteiger partial charge in [-0.05, 0) is 91.9 Å². The number of para-hydroxylation sites is 1. The number of anilines is 3. The van der Waals surface area contributed by atoms with Gasteiger partial charge >= 0.3 is 0 Å². The highest BCUT2D eigenvalue weighted by Gasteiger charge is 2.57. The fourth-order valence-electron chi connectivity index (χ4n) is 10.5. The van der Waals surface area contributed by atoms with E-state index in [1.54, 1.807) is 0 Å². The maximum Gasteiger partial charge on any atom is 0.142 e. The van der Waals surface area contributed by atoms with Gasteiger partial charge in [0.25, 0.3) is 0 Å². The Hall–Kier alpha value is -6.38. The van der Waals surface area contributed by atoms with Crippen LogP contribution in [-0.2, 0) is 10.8 Å². The second-order valence-electron chi connectivity index (χ2n) is 17.5. The molecular weight excluding hydrogens is 691 g/mol. The van der Waals surface area contributed by atoms with E-state index in [0.29, 0.717) is 0 Å². The van der Waals surface area contributed by atoms with Crippen LogP contribution in [0.3, 0.4) is 0 Å². The molecule has 276 valence electrons. The Morgan fingerprint density at radius 2 is 1.09 bits per heavy atom. The maximum absolute atomic E-state index is 7.10. The van der Waals surface area contributed by atoms with Crippen molar-refractivity contribution in [3.8, 4) is 33.4 Å². The van der Waals surface area contributed by atoms with E-state index >= 15 is 0 Å². The minimum Gasteiger partial charge on any atom is -0.459 e. The van der Waals surface area contributed by atoms with E-state index in [0.717, 1.165) is 39.5 Å². The summed E-state index contributed by atoms with van der Waals surface area (Å²) in [5.74, 6) is 1.25. The van der Waals surface area contributed by atoms with Gasteiger partial charge in [0.15, 0.2) is 0 Å². The molecule has 0 bridgehead atoms. The topological polar surface area (TPSA) is 16.4 Å². The third-order valence-electron chi connectivity index (χ3n) is 14.0. The van der Waals surface area contributed by atoms with Gasteiger partial charge < -0.3 is 9.32 Å². The Morgan fingerprint density at radius 3 is 1.84 bits per heavy atom. The van der Waals surface area contributed by atoms with Crippen molar-refractivity contribution in [1.82, 2.24) is 0 Å². The number of rotatable bonds is 5. The summed E-state index contributed by atoms with van der Waals surface area (Å²) < 4.78 is 7.10. The van der Waals surface area contributed by atoms with Crippen LogP contribution in [0.1, 0.15) is 74.1 Å². The zero-order valence-corrected chi connectivity index (χ0v) is 33.2. The SMILES string of the molecule is CC1(C)c2ccccc2-c2ccc(N(c3ccc(-c4ccccc4)cc3)c3ccc(-c4cccc5c6c(oc45)C4c5ccccc5C(C)(C)C4(C)C=C6)cc3)cc21. The molecule has 0 spiro atoms. The smallest absolute Gasteiger partial charge is 0.142 e. The second-order valence-corrected chi connectivity index (χ2v) is 17.5. The van der Waals surface area contributed by atoms with Crippen LogP contribution < -0.4 is 4.90 Å². The average Bonchev–Trinajstić information content (AvgIpc) is 3.79. The highest BCUT2D eigenvalue weighted by atomic mass is 16.3. The third-order valence-corrected chi connectivity index (χ3v) is 14.0. The molecule has 0 N–H and O–H groups in total. The Labute approximate surface area is 335 Å². The van der Waals surface area contributed by atoms with Crippen molar-refractivity contribution in [2.75, 3.05) is 4.90 Å². The van der Waals surface area contributed by atoms with Crippen molar-refractivity contribution in [1.29, 1.82) is 0 Å². The lowest BCUT2D eigenvalue weighted by Gasteiger charge is -2.41. The third kappa shape index (κ3) is 4.77. The molecule has 2 nitrogen and oxygen atoms in total. The predicted octanol–water partition coefficient (Wildman–Crippen LogP) is 15.0. The van der Waals surface area contributed by atoms with Gasteiger partial charge in [-0.1, -0.05) is 174 Å². The molecule has 0 saturated carbocycles. The molecule has 0 aliphatic heterocycles. The van der Waals surface area contributed by atoms with Gasteiger partial charge in [-0.3, -0.25) is 0 Å².